The van der Waals surface area contributed by atoms with E-state index in [0.29, 0.717) is 16.5 Å². The highest BCUT2D eigenvalue weighted by Gasteiger charge is 2.13. The molecule has 2 aromatic carbocycles. The zero-order chi connectivity index (χ0) is 16.5. The molecule has 0 radical (unpaired) electrons. The number of nitrogens with one attached hydrogen (secondary N) is 1. The topological polar surface area (TPSA) is 51.6 Å². The van der Waals surface area contributed by atoms with Crippen LogP contribution in [0.25, 0.3) is 10.9 Å². The third-order valence-corrected chi connectivity index (χ3v) is 4.45. The lowest BCUT2D eigenvalue weighted by Crippen LogP contribution is -2.17. The molecule has 0 unspecified atom stereocenters. The van der Waals surface area contributed by atoms with Crippen molar-refractivity contribution in [3.8, 4) is 5.88 Å². The van der Waals surface area contributed by atoms with Gasteiger partial charge in [0, 0.05) is 30.4 Å². The molecule has 1 aliphatic heterocycles. The number of fused-ring (bicyclic) bond motifs is 1. The normalized spacial score (nSPS) is 15.0. The number of H-pyrrole nitrogens is 1. The summed E-state index contributed by atoms with van der Waals surface area (Å²) in [6, 6.07) is 12.7. The third-order valence-electron chi connectivity index (χ3n) is 4.45. The van der Waals surface area contributed by atoms with Crippen molar-refractivity contribution < 1.29 is 9.50 Å². The van der Waals surface area contributed by atoms with Crippen LogP contribution >= 0.6 is 0 Å². The lowest BCUT2D eigenvalue weighted by Gasteiger charge is -2.17. The van der Waals surface area contributed by atoms with Gasteiger partial charge in [-0.1, -0.05) is 6.07 Å². The molecule has 1 saturated heterocycles. The fourth-order valence-electron chi connectivity index (χ4n) is 3.20. The van der Waals surface area contributed by atoms with E-state index in [-0.39, 0.29) is 11.7 Å². The van der Waals surface area contributed by atoms with Crippen molar-refractivity contribution >= 4 is 28.5 Å². The summed E-state index contributed by atoms with van der Waals surface area (Å²) in [6.45, 7) is 2.20. The summed E-state index contributed by atoms with van der Waals surface area (Å²) in [5.41, 5.74) is 2.89. The van der Waals surface area contributed by atoms with Crippen molar-refractivity contribution in [1.82, 2.24) is 4.98 Å². The van der Waals surface area contributed by atoms with Crippen LogP contribution in [0.2, 0.25) is 0 Å². The van der Waals surface area contributed by atoms with Crippen LogP contribution in [0.4, 0.5) is 15.8 Å². The van der Waals surface area contributed by atoms with Crippen molar-refractivity contribution in [3.05, 3.63) is 53.8 Å². The molecule has 4 nitrogen and oxygen atoms in total. The third kappa shape index (κ3) is 2.62. The largest absolute Gasteiger partial charge is 0.494 e. The van der Waals surface area contributed by atoms with Crippen LogP contribution in [0.1, 0.15) is 18.4 Å². The fraction of sp³-hybridized carbons (Fsp3) is 0.211. The van der Waals surface area contributed by atoms with Gasteiger partial charge in [-0.3, -0.25) is 4.99 Å². The van der Waals surface area contributed by atoms with E-state index < -0.39 is 0 Å². The predicted octanol–water partition coefficient (Wildman–Crippen LogP) is 4.36. The fourth-order valence-corrected chi connectivity index (χ4v) is 3.20. The van der Waals surface area contributed by atoms with E-state index in [9.17, 15) is 9.50 Å². The average molecular weight is 323 g/mol. The summed E-state index contributed by atoms with van der Waals surface area (Å²) >= 11 is 0. The summed E-state index contributed by atoms with van der Waals surface area (Å²) in [4.78, 5) is 9.50. The summed E-state index contributed by atoms with van der Waals surface area (Å²) in [5, 5.41) is 10.4. The molecule has 0 bridgehead atoms. The van der Waals surface area contributed by atoms with Gasteiger partial charge in [-0.25, -0.2) is 4.39 Å². The smallest absolute Gasteiger partial charge is 0.198 e. The number of aromatic hydroxyl groups is 1. The molecule has 0 aliphatic carbocycles. The molecule has 0 saturated carbocycles. The Kier molecular flexibility index (Phi) is 3.69. The minimum absolute atomic E-state index is 0.0764. The molecule has 0 atom stereocenters. The van der Waals surface area contributed by atoms with Crippen LogP contribution in [-0.4, -0.2) is 29.4 Å². The average Bonchev–Trinajstić information content (AvgIpc) is 3.22. The van der Waals surface area contributed by atoms with Gasteiger partial charge in [0.25, 0.3) is 0 Å². The maximum Gasteiger partial charge on any atom is 0.198 e. The number of anilines is 1. The minimum Gasteiger partial charge on any atom is -0.494 e. The second kappa shape index (κ2) is 6.00. The minimum atomic E-state index is -0.380. The van der Waals surface area contributed by atoms with Gasteiger partial charge >= 0.3 is 0 Å². The second-order valence-corrected chi connectivity index (χ2v) is 6.02. The number of halogens is 1. The van der Waals surface area contributed by atoms with E-state index in [0.717, 1.165) is 18.8 Å². The Morgan fingerprint density at radius 3 is 2.58 bits per heavy atom. The van der Waals surface area contributed by atoms with Gasteiger partial charge in [0.2, 0.25) is 0 Å². The Bertz CT molecular complexity index is 893. The van der Waals surface area contributed by atoms with E-state index in [1.165, 1.54) is 30.8 Å². The number of nitrogens with zero attached hydrogens (tertiary/aromatic N) is 2. The first-order chi connectivity index (χ1) is 11.7. The molecule has 3 aromatic rings. The molecule has 2 N–H and O–H groups in total. The maximum absolute atomic E-state index is 14.0. The summed E-state index contributed by atoms with van der Waals surface area (Å²) in [6.07, 6.45) is 3.98. The quantitative estimate of drug-likeness (QED) is 0.704. The summed E-state index contributed by atoms with van der Waals surface area (Å²) in [5.74, 6) is -0.456. The molecule has 2 heterocycles. The monoisotopic (exact) mass is 323 g/mol. The van der Waals surface area contributed by atoms with Crippen LogP contribution in [0.3, 0.4) is 0 Å². The summed E-state index contributed by atoms with van der Waals surface area (Å²) in [7, 11) is 0. The molecule has 5 heteroatoms. The van der Waals surface area contributed by atoms with Gasteiger partial charge in [-0.2, -0.15) is 0 Å². The number of hydrogen-bond donors (Lipinski definition) is 2. The number of aromatic amines is 1. The molecule has 0 spiro atoms. The van der Waals surface area contributed by atoms with Gasteiger partial charge < -0.3 is 15.0 Å². The second-order valence-electron chi connectivity index (χ2n) is 6.02. The molecule has 1 aromatic heterocycles. The number of rotatable bonds is 3. The highest BCUT2D eigenvalue weighted by molar-refractivity contribution is 6.02. The molecule has 1 aliphatic rings. The van der Waals surface area contributed by atoms with Crippen molar-refractivity contribution in [2.24, 2.45) is 4.99 Å². The molecule has 0 amide bonds. The zero-order valence-electron chi connectivity index (χ0n) is 13.2. The van der Waals surface area contributed by atoms with Crippen LogP contribution in [0.5, 0.6) is 5.88 Å². The van der Waals surface area contributed by atoms with E-state index in [2.05, 4.69) is 14.9 Å². The number of benzene rings is 2. The Labute approximate surface area is 139 Å². The molecule has 1 fully saturated rings. The predicted molar refractivity (Wildman–Crippen MR) is 95.1 cm³/mol. The van der Waals surface area contributed by atoms with Crippen molar-refractivity contribution in [1.29, 1.82) is 0 Å². The first kappa shape index (κ1) is 14.8. The van der Waals surface area contributed by atoms with Gasteiger partial charge in [-0.15, -0.1) is 0 Å². The lowest BCUT2D eigenvalue weighted by molar-refractivity contribution is 0.457. The first-order valence-electron chi connectivity index (χ1n) is 8.10. The van der Waals surface area contributed by atoms with Crippen LogP contribution in [0.15, 0.2) is 47.5 Å². The summed E-state index contributed by atoms with van der Waals surface area (Å²) < 4.78 is 14.0. The lowest BCUT2D eigenvalue weighted by atomic mass is 10.1. The first-order valence-corrected chi connectivity index (χ1v) is 8.10. The van der Waals surface area contributed by atoms with E-state index in [4.69, 9.17) is 0 Å². The van der Waals surface area contributed by atoms with Crippen molar-refractivity contribution in [2.75, 3.05) is 18.0 Å². The van der Waals surface area contributed by atoms with Gasteiger partial charge in [-0.05, 0) is 49.2 Å². The van der Waals surface area contributed by atoms with Crippen molar-refractivity contribution in [3.63, 3.8) is 0 Å². The SMILES string of the molecule is Oc1[nH]c2cccc(F)c2c1C=Nc1ccc(N2CCCC2)cc1. The number of aromatic nitrogens is 1. The highest BCUT2D eigenvalue weighted by Crippen LogP contribution is 2.29. The highest BCUT2D eigenvalue weighted by atomic mass is 19.1. The van der Waals surface area contributed by atoms with E-state index in [1.807, 2.05) is 24.3 Å². The van der Waals surface area contributed by atoms with Gasteiger partial charge in [0.15, 0.2) is 5.88 Å². The molecular weight excluding hydrogens is 305 g/mol. The molecule has 4 rings (SSSR count). The Morgan fingerprint density at radius 2 is 1.83 bits per heavy atom. The number of aliphatic imine (C=N–C) groups is 1. The van der Waals surface area contributed by atoms with Gasteiger partial charge in [0.05, 0.1) is 16.8 Å². The Hall–Kier alpha value is -2.82. The Balaban J connectivity index is 1.62. The molecule has 122 valence electrons. The molecular formula is C19H18FN3O. The number of hydrogen-bond acceptors (Lipinski definition) is 3. The standard InChI is InChI=1S/C19H18FN3O/c20-16-4-3-5-17-18(16)15(19(24)22-17)12-21-13-6-8-14(9-7-13)23-10-1-2-11-23/h3-9,12,22,24H,1-2,10-11H2. The van der Waals surface area contributed by atoms with Crippen LogP contribution in [-0.2, 0) is 0 Å². The molecule has 24 heavy (non-hydrogen) atoms. The van der Waals surface area contributed by atoms with E-state index in [1.54, 1.807) is 12.1 Å². The van der Waals surface area contributed by atoms with E-state index >= 15 is 0 Å². The van der Waals surface area contributed by atoms with Crippen LogP contribution in [0, 0.1) is 5.82 Å². The van der Waals surface area contributed by atoms with Gasteiger partial charge in [0.1, 0.15) is 5.82 Å². The zero-order valence-corrected chi connectivity index (χ0v) is 13.2. The van der Waals surface area contributed by atoms with Crippen LogP contribution < -0.4 is 4.90 Å². The maximum atomic E-state index is 14.0. The van der Waals surface area contributed by atoms with Crippen molar-refractivity contribution in [2.45, 2.75) is 12.8 Å². The Morgan fingerprint density at radius 1 is 1.08 bits per heavy atom.